The third-order valence-corrected chi connectivity index (χ3v) is 6.30. The molecule has 1 saturated heterocycles. The van der Waals surface area contributed by atoms with Gasteiger partial charge in [-0.3, -0.25) is 14.0 Å². The van der Waals surface area contributed by atoms with Crippen LogP contribution in [0.4, 0.5) is 5.69 Å². The van der Waals surface area contributed by atoms with Crippen molar-refractivity contribution in [2.45, 2.75) is 39.7 Å². The highest BCUT2D eigenvalue weighted by Crippen LogP contribution is 2.24. The standard InChI is InChI=1S/C25H29ClN4O3/c1-3-21-23(30-16-19(26)7-10-22(30)28-21)24(31)27-15-17-5-8-20(9-6-17)29-13-11-18(12-14-29)25(32)33-4-2/h5-10,16,18H,3-4,11-15H2,1-2H3,(H,27,31). The monoisotopic (exact) mass is 468 g/mol. The van der Waals surface area contributed by atoms with Crippen LogP contribution < -0.4 is 10.2 Å². The molecule has 4 rings (SSSR count). The first-order chi connectivity index (χ1) is 16.0. The Labute approximate surface area is 198 Å². The molecule has 8 heteroatoms. The van der Waals surface area contributed by atoms with Crippen LogP contribution >= 0.6 is 11.6 Å². The molecule has 0 saturated carbocycles. The molecular formula is C25H29ClN4O3. The number of aromatic nitrogens is 2. The minimum absolute atomic E-state index is 0.00166. The smallest absolute Gasteiger partial charge is 0.309 e. The summed E-state index contributed by atoms with van der Waals surface area (Å²) in [5.41, 5.74) is 4.11. The Morgan fingerprint density at radius 2 is 1.85 bits per heavy atom. The molecule has 1 fully saturated rings. The molecule has 7 nitrogen and oxygen atoms in total. The summed E-state index contributed by atoms with van der Waals surface area (Å²) in [6, 6.07) is 11.8. The van der Waals surface area contributed by atoms with E-state index in [2.05, 4.69) is 27.3 Å². The molecule has 1 aliphatic rings. The number of esters is 1. The normalized spacial score (nSPS) is 14.5. The second-order valence-corrected chi connectivity index (χ2v) is 8.64. The average molecular weight is 469 g/mol. The first-order valence-electron chi connectivity index (χ1n) is 11.4. The van der Waals surface area contributed by atoms with Gasteiger partial charge in [0.25, 0.3) is 5.91 Å². The number of fused-ring (bicyclic) bond motifs is 1. The zero-order chi connectivity index (χ0) is 23.4. The summed E-state index contributed by atoms with van der Waals surface area (Å²) in [6.07, 6.45) is 3.99. The van der Waals surface area contributed by atoms with E-state index in [-0.39, 0.29) is 17.8 Å². The number of nitrogens with zero attached hydrogens (tertiary/aromatic N) is 3. The van der Waals surface area contributed by atoms with Crippen molar-refractivity contribution in [2.75, 3.05) is 24.6 Å². The summed E-state index contributed by atoms with van der Waals surface area (Å²) in [5.74, 6) is -0.257. The number of carbonyl (C=O) groups excluding carboxylic acids is 2. The number of amides is 1. The van der Waals surface area contributed by atoms with E-state index in [1.807, 2.05) is 32.0 Å². The van der Waals surface area contributed by atoms with E-state index in [4.69, 9.17) is 16.3 Å². The molecule has 174 valence electrons. The van der Waals surface area contributed by atoms with Gasteiger partial charge in [0.2, 0.25) is 0 Å². The maximum atomic E-state index is 13.0. The molecule has 3 heterocycles. The predicted molar refractivity (Wildman–Crippen MR) is 129 cm³/mol. The largest absolute Gasteiger partial charge is 0.466 e. The molecule has 0 spiro atoms. The van der Waals surface area contributed by atoms with Gasteiger partial charge in [-0.05, 0) is 56.0 Å². The van der Waals surface area contributed by atoms with E-state index in [9.17, 15) is 9.59 Å². The van der Waals surface area contributed by atoms with Crippen molar-refractivity contribution < 1.29 is 14.3 Å². The number of carbonyl (C=O) groups is 2. The fourth-order valence-electron chi connectivity index (χ4n) is 4.28. The van der Waals surface area contributed by atoms with Crippen LogP contribution in [-0.2, 0) is 22.5 Å². The summed E-state index contributed by atoms with van der Waals surface area (Å²) in [4.78, 5) is 31.7. The number of pyridine rings is 1. The summed E-state index contributed by atoms with van der Waals surface area (Å²) >= 11 is 6.13. The Hall–Kier alpha value is -3.06. The van der Waals surface area contributed by atoms with E-state index in [1.54, 1.807) is 16.7 Å². The lowest BCUT2D eigenvalue weighted by Crippen LogP contribution is -2.37. The quantitative estimate of drug-likeness (QED) is 0.524. The third kappa shape index (κ3) is 5.14. The SMILES string of the molecule is CCOC(=O)C1CCN(c2ccc(CNC(=O)c3c(CC)nc4ccc(Cl)cn34)cc2)CC1. The highest BCUT2D eigenvalue weighted by Gasteiger charge is 2.26. The summed E-state index contributed by atoms with van der Waals surface area (Å²) in [5, 5.41) is 3.56. The molecule has 0 aliphatic carbocycles. The molecule has 0 radical (unpaired) electrons. The summed E-state index contributed by atoms with van der Waals surface area (Å²) in [6.45, 7) is 6.33. The predicted octanol–water partition coefficient (Wildman–Crippen LogP) is 4.26. The number of piperidine rings is 1. The van der Waals surface area contributed by atoms with Crippen LogP contribution in [0.2, 0.25) is 5.02 Å². The van der Waals surface area contributed by atoms with Crippen LogP contribution in [0.1, 0.15) is 48.4 Å². The van der Waals surface area contributed by atoms with Crippen molar-refractivity contribution in [1.29, 1.82) is 0 Å². The van der Waals surface area contributed by atoms with Gasteiger partial charge in [-0.25, -0.2) is 4.98 Å². The van der Waals surface area contributed by atoms with Gasteiger partial charge in [0, 0.05) is 31.5 Å². The maximum absolute atomic E-state index is 13.0. The van der Waals surface area contributed by atoms with Crippen LogP contribution in [0.5, 0.6) is 0 Å². The zero-order valence-electron chi connectivity index (χ0n) is 19.0. The Bertz CT molecular complexity index is 1130. The van der Waals surface area contributed by atoms with E-state index in [1.165, 1.54) is 0 Å². The van der Waals surface area contributed by atoms with Crippen LogP contribution in [0.25, 0.3) is 5.65 Å². The second-order valence-electron chi connectivity index (χ2n) is 8.20. The Morgan fingerprint density at radius 1 is 1.12 bits per heavy atom. The summed E-state index contributed by atoms with van der Waals surface area (Å²) in [7, 11) is 0. The van der Waals surface area contributed by atoms with Gasteiger partial charge in [0.05, 0.1) is 23.2 Å². The van der Waals surface area contributed by atoms with Crippen molar-refractivity contribution in [3.05, 3.63) is 64.6 Å². The van der Waals surface area contributed by atoms with Crippen molar-refractivity contribution in [3.8, 4) is 0 Å². The number of hydrogen-bond acceptors (Lipinski definition) is 5. The maximum Gasteiger partial charge on any atom is 0.309 e. The van der Waals surface area contributed by atoms with Crippen LogP contribution in [0.3, 0.4) is 0 Å². The number of hydrogen-bond donors (Lipinski definition) is 1. The minimum Gasteiger partial charge on any atom is -0.466 e. The highest BCUT2D eigenvalue weighted by atomic mass is 35.5. The third-order valence-electron chi connectivity index (χ3n) is 6.07. The first-order valence-corrected chi connectivity index (χ1v) is 11.8. The minimum atomic E-state index is -0.174. The number of rotatable bonds is 7. The number of halogens is 1. The van der Waals surface area contributed by atoms with Crippen LogP contribution in [0, 0.1) is 5.92 Å². The van der Waals surface area contributed by atoms with E-state index < -0.39 is 0 Å². The summed E-state index contributed by atoms with van der Waals surface area (Å²) < 4.78 is 6.90. The van der Waals surface area contributed by atoms with Gasteiger partial charge in [-0.2, -0.15) is 0 Å². The lowest BCUT2D eigenvalue weighted by molar-refractivity contribution is -0.148. The van der Waals surface area contributed by atoms with Gasteiger partial charge in [-0.1, -0.05) is 30.7 Å². The average Bonchev–Trinajstić information content (AvgIpc) is 3.21. The van der Waals surface area contributed by atoms with Gasteiger partial charge < -0.3 is 15.0 Å². The van der Waals surface area contributed by atoms with E-state index >= 15 is 0 Å². The fourth-order valence-corrected chi connectivity index (χ4v) is 4.44. The number of ether oxygens (including phenoxy) is 1. The van der Waals surface area contributed by atoms with Crippen LogP contribution in [-0.4, -0.2) is 41.0 Å². The zero-order valence-corrected chi connectivity index (χ0v) is 19.8. The molecule has 1 aliphatic heterocycles. The van der Waals surface area contributed by atoms with E-state index in [0.717, 1.165) is 42.9 Å². The number of nitrogens with one attached hydrogen (secondary N) is 1. The van der Waals surface area contributed by atoms with Crippen molar-refractivity contribution in [1.82, 2.24) is 14.7 Å². The van der Waals surface area contributed by atoms with E-state index in [0.29, 0.717) is 35.9 Å². The molecule has 33 heavy (non-hydrogen) atoms. The lowest BCUT2D eigenvalue weighted by Gasteiger charge is -2.32. The van der Waals surface area contributed by atoms with Crippen LogP contribution in [0.15, 0.2) is 42.6 Å². The van der Waals surface area contributed by atoms with Gasteiger partial charge in [0.15, 0.2) is 0 Å². The molecule has 0 atom stereocenters. The van der Waals surface area contributed by atoms with Crippen molar-refractivity contribution >= 4 is 34.8 Å². The molecule has 0 unspecified atom stereocenters. The molecule has 1 N–H and O–H groups in total. The lowest BCUT2D eigenvalue weighted by atomic mass is 9.96. The second kappa shape index (κ2) is 10.3. The first kappa shape index (κ1) is 23.1. The Morgan fingerprint density at radius 3 is 2.52 bits per heavy atom. The van der Waals surface area contributed by atoms with Crippen molar-refractivity contribution in [2.24, 2.45) is 5.92 Å². The van der Waals surface area contributed by atoms with Gasteiger partial charge in [-0.15, -0.1) is 0 Å². The number of anilines is 1. The van der Waals surface area contributed by atoms with Gasteiger partial charge >= 0.3 is 5.97 Å². The van der Waals surface area contributed by atoms with Gasteiger partial charge in [0.1, 0.15) is 11.3 Å². The molecule has 1 aromatic carbocycles. The molecule has 2 aromatic heterocycles. The fraction of sp³-hybridized carbons (Fsp3) is 0.400. The molecular weight excluding hydrogens is 440 g/mol. The molecule has 0 bridgehead atoms. The topological polar surface area (TPSA) is 75.9 Å². The Balaban J connectivity index is 1.37. The van der Waals surface area contributed by atoms with Crippen molar-refractivity contribution in [3.63, 3.8) is 0 Å². The Kier molecular flexibility index (Phi) is 7.18. The molecule has 1 amide bonds. The number of imidazole rings is 1. The number of aryl methyl sites for hydroxylation is 1. The molecule has 3 aromatic rings. The highest BCUT2D eigenvalue weighted by molar-refractivity contribution is 6.30. The number of benzene rings is 1.